The fourth-order valence-electron chi connectivity index (χ4n) is 2.60. The van der Waals surface area contributed by atoms with Gasteiger partial charge in [-0.05, 0) is 11.8 Å². The third kappa shape index (κ3) is 1.73. The Morgan fingerprint density at radius 2 is 2.16 bits per heavy atom. The summed E-state index contributed by atoms with van der Waals surface area (Å²) in [6, 6.07) is 4.80. The standard InChI is InChI=1S/C14H14N2O3/c1-14(2)6-10(14)13(17)9-7-15-12-8(9)4-3-5-11(12)16(18)19/h3-5,7,10,15H,6H2,1-2H3. The Bertz CT molecular complexity index is 700. The molecule has 19 heavy (non-hydrogen) atoms. The Hall–Kier alpha value is -2.17. The third-order valence-corrected chi connectivity index (χ3v) is 3.99. The van der Waals surface area contributed by atoms with Crippen LogP contribution in [0.4, 0.5) is 5.69 Å². The van der Waals surface area contributed by atoms with Gasteiger partial charge >= 0.3 is 0 Å². The predicted octanol–water partition coefficient (Wildman–Crippen LogP) is 3.30. The number of hydrogen-bond acceptors (Lipinski definition) is 3. The van der Waals surface area contributed by atoms with Crippen molar-refractivity contribution in [3.8, 4) is 0 Å². The molecular formula is C14H14N2O3. The number of hydrogen-bond donors (Lipinski definition) is 1. The molecule has 0 radical (unpaired) electrons. The van der Waals surface area contributed by atoms with Gasteiger partial charge in [0, 0.05) is 29.1 Å². The first-order valence-electron chi connectivity index (χ1n) is 6.20. The lowest BCUT2D eigenvalue weighted by molar-refractivity contribution is -0.383. The number of benzene rings is 1. The van der Waals surface area contributed by atoms with Crippen molar-refractivity contribution in [2.75, 3.05) is 0 Å². The molecule has 0 saturated heterocycles. The molecule has 1 heterocycles. The fraction of sp³-hybridized carbons (Fsp3) is 0.357. The fourth-order valence-corrected chi connectivity index (χ4v) is 2.60. The van der Waals surface area contributed by atoms with Crippen LogP contribution in [0.3, 0.4) is 0 Å². The van der Waals surface area contributed by atoms with Gasteiger partial charge in [0.05, 0.1) is 4.92 Å². The van der Waals surface area contributed by atoms with Crippen molar-refractivity contribution in [2.24, 2.45) is 11.3 Å². The number of fused-ring (bicyclic) bond motifs is 1. The summed E-state index contributed by atoms with van der Waals surface area (Å²) in [6.45, 7) is 4.12. The van der Waals surface area contributed by atoms with Crippen LogP contribution in [0, 0.1) is 21.4 Å². The van der Waals surface area contributed by atoms with Crippen LogP contribution in [-0.4, -0.2) is 15.7 Å². The number of nitrogens with zero attached hydrogens (tertiary/aromatic N) is 1. The van der Waals surface area contributed by atoms with E-state index < -0.39 is 4.92 Å². The van der Waals surface area contributed by atoms with Gasteiger partial charge in [0.1, 0.15) is 5.52 Å². The van der Waals surface area contributed by atoms with Gasteiger partial charge in [-0.3, -0.25) is 14.9 Å². The first kappa shape index (κ1) is 11.9. The van der Waals surface area contributed by atoms with E-state index in [4.69, 9.17) is 0 Å². The molecule has 0 spiro atoms. The number of ketones is 1. The summed E-state index contributed by atoms with van der Waals surface area (Å²) in [4.78, 5) is 25.8. The molecule has 0 bridgehead atoms. The van der Waals surface area contributed by atoms with E-state index in [9.17, 15) is 14.9 Å². The highest BCUT2D eigenvalue weighted by Crippen LogP contribution is 2.53. The molecule has 2 aromatic rings. The lowest BCUT2D eigenvalue weighted by Crippen LogP contribution is -2.05. The van der Waals surface area contributed by atoms with Crippen LogP contribution < -0.4 is 0 Å². The predicted molar refractivity (Wildman–Crippen MR) is 71.2 cm³/mol. The maximum absolute atomic E-state index is 12.4. The van der Waals surface area contributed by atoms with Gasteiger partial charge in [-0.2, -0.15) is 0 Å². The summed E-state index contributed by atoms with van der Waals surface area (Å²) in [6.07, 6.45) is 2.47. The Balaban J connectivity index is 2.09. The number of H-pyrrole nitrogens is 1. The van der Waals surface area contributed by atoms with E-state index >= 15 is 0 Å². The molecule has 98 valence electrons. The SMILES string of the molecule is CC1(C)CC1C(=O)c1c[nH]c2c([N+](=O)[O-])cccc12. The monoisotopic (exact) mass is 258 g/mol. The summed E-state index contributed by atoms with van der Waals surface area (Å²) in [5, 5.41) is 11.6. The summed E-state index contributed by atoms with van der Waals surface area (Å²) in [5.41, 5.74) is 1.05. The van der Waals surface area contributed by atoms with Crippen molar-refractivity contribution in [3.63, 3.8) is 0 Å². The minimum Gasteiger partial charge on any atom is -0.355 e. The van der Waals surface area contributed by atoms with E-state index in [1.807, 2.05) is 0 Å². The average Bonchev–Trinajstić information content (AvgIpc) is 2.82. The molecule has 1 aliphatic carbocycles. The zero-order valence-corrected chi connectivity index (χ0v) is 10.8. The van der Waals surface area contributed by atoms with Gasteiger partial charge in [0.25, 0.3) is 5.69 Å². The van der Waals surface area contributed by atoms with Crippen LogP contribution in [0.25, 0.3) is 10.9 Å². The van der Waals surface area contributed by atoms with Gasteiger partial charge in [0.15, 0.2) is 5.78 Å². The summed E-state index contributed by atoms with van der Waals surface area (Å²) >= 11 is 0. The molecule has 1 saturated carbocycles. The van der Waals surface area contributed by atoms with E-state index in [0.29, 0.717) is 16.5 Å². The van der Waals surface area contributed by atoms with Crippen molar-refractivity contribution < 1.29 is 9.72 Å². The highest BCUT2D eigenvalue weighted by Gasteiger charge is 2.50. The molecule has 1 fully saturated rings. The number of nitro groups is 1. The number of non-ortho nitro benzene ring substituents is 1. The second kappa shape index (κ2) is 3.66. The van der Waals surface area contributed by atoms with Crippen LogP contribution in [0.15, 0.2) is 24.4 Å². The molecule has 1 unspecified atom stereocenters. The van der Waals surface area contributed by atoms with E-state index in [2.05, 4.69) is 18.8 Å². The largest absolute Gasteiger partial charge is 0.355 e. The maximum Gasteiger partial charge on any atom is 0.293 e. The Labute approximate surface area is 109 Å². The van der Waals surface area contributed by atoms with Gasteiger partial charge in [0.2, 0.25) is 0 Å². The lowest BCUT2D eigenvalue weighted by Gasteiger charge is -2.01. The summed E-state index contributed by atoms with van der Waals surface area (Å²) < 4.78 is 0. The zero-order chi connectivity index (χ0) is 13.8. The molecule has 1 aromatic heterocycles. The van der Waals surface area contributed by atoms with Crippen molar-refractivity contribution in [2.45, 2.75) is 20.3 Å². The number of carbonyl (C=O) groups is 1. The number of aromatic amines is 1. The highest BCUT2D eigenvalue weighted by atomic mass is 16.6. The minimum atomic E-state index is -0.436. The lowest BCUT2D eigenvalue weighted by atomic mass is 10.0. The minimum absolute atomic E-state index is 0.00612. The molecule has 5 heteroatoms. The second-order valence-electron chi connectivity index (χ2n) is 5.77. The van der Waals surface area contributed by atoms with Crippen molar-refractivity contribution in [3.05, 3.63) is 40.1 Å². The van der Waals surface area contributed by atoms with Crippen LogP contribution in [-0.2, 0) is 0 Å². The third-order valence-electron chi connectivity index (χ3n) is 3.99. The topological polar surface area (TPSA) is 76.0 Å². The van der Waals surface area contributed by atoms with Crippen LogP contribution in [0.2, 0.25) is 0 Å². The Kier molecular flexibility index (Phi) is 2.29. The first-order valence-corrected chi connectivity index (χ1v) is 6.20. The normalized spacial score (nSPS) is 20.4. The zero-order valence-electron chi connectivity index (χ0n) is 10.8. The Morgan fingerprint density at radius 1 is 1.47 bits per heavy atom. The van der Waals surface area contributed by atoms with Gasteiger partial charge in [-0.1, -0.05) is 26.0 Å². The van der Waals surface area contributed by atoms with Crippen molar-refractivity contribution >= 4 is 22.4 Å². The second-order valence-corrected chi connectivity index (χ2v) is 5.77. The van der Waals surface area contributed by atoms with E-state index in [1.165, 1.54) is 6.07 Å². The number of rotatable bonds is 3. The molecule has 0 amide bonds. The van der Waals surface area contributed by atoms with Gasteiger partial charge in [-0.25, -0.2) is 0 Å². The molecule has 0 aliphatic heterocycles. The summed E-state index contributed by atoms with van der Waals surface area (Å²) in [5.74, 6) is 0.113. The van der Waals surface area contributed by atoms with Gasteiger partial charge < -0.3 is 4.98 Å². The highest BCUT2D eigenvalue weighted by molar-refractivity contribution is 6.11. The number of aromatic nitrogens is 1. The molecule has 1 aliphatic rings. The summed E-state index contributed by atoms with van der Waals surface area (Å²) in [7, 11) is 0. The van der Waals surface area contributed by atoms with E-state index in [-0.39, 0.29) is 22.8 Å². The smallest absolute Gasteiger partial charge is 0.293 e. The molecular weight excluding hydrogens is 244 g/mol. The molecule has 1 aromatic carbocycles. The van der Waals surface area contributed by atoms with Crippen molar-refractivity contribution in [1.82, 2.24) is 4.98 Å². The molecule has 5 nitrogen and oxygen atoms in total. The average molecular weight is 258 g/mol. The number of carbonyl (C=O) groups excluding carboxylic acids is 1. The number of Topliss-reactive ketones (excluding diaryl/α,β-unsaturated/α-hetero) is 1. The first-order chi connectivity index (χ1) is 8.92. The van der Waals surface area contributed by atoms with Crippen LogP contribution in [0.1, 0.15) is 30.6 Å². The van der Waals surface area contributed by atoms with E-state index in [1.54, 1.807) is 18.3 Å². The van der Waals surface area contributed by atoms with Crippen LogP contribution >= 0.6 is 0 Å². The molecule has 1 atom stereocenters. The van der Waals surface area contributed by atoms with Crippen LogP contribution in [0.5, 0.6) is 0 Å². The Morgan fingerprint density at radius 3 is 2.74 bits per heavy atom. The van der Waals surface area contributed by atoms with Crippen molar-refractivity contribution in [1.29, 1.82) is 0 Å². The number of nitro benzene ring substituents is 1. The quantitative estimate of drug-likeness (QED) is 0.521. The number of nitrogens with one attached hydrogen (secondary N) is 1. The van der Waals surface area contributed by atoms with E-state index in [0.717, 1.165) is 6.42 Å². The molecule has 1 N–H and O–H groups in total. The maximum atomic E-state index is 12.4. The van der Waals surface area contributed by atoms with Gasteiger partial charge in [-0.15, -0.1) is 0 Å². The molecule has 3 rings (SSSR count). The number of para-hydroxylation sites is 1.